The number of aromatic nitrogens is 1. The molecule has 1 rings (SSSR count). The van der Waals surface area contributed by atoms with Crippen LogP contribution < -0.4 is 11.1 Å². The number of nitrogens with two attached hydrogens (primary N) is 1. The first-order valence-corrected chi connectivity index (χ1v) is 5.75. The highest BCUT2D eigenvalue weighted by Crippen LogP contribution is 2.25. The van der Waals surface area contributed by atoms with Crippen LogP contribution in [0, 0.1) is 0 Å². The van der Waals surface area contributed by atoms with E-state index in [-0.39, 0.29) is 12.1 Å². The van der Waals surface area contributed by atoms with Crippen LogP contribution in [0.1, 0.15) is 26.7 Å². The van der Waals surface area contributed by atoms with E-state index in [4.69, 9.17) is 17.3 Å². The van der Waals surface area contributed by atoms with Gasteiger partial charge in [0, 0.05) is 0 Å². The SMILES string of the molecule is CCC(CC)(CO)Nc1nc(Cl)ccc1N. The van der Waals surface area contributed by atoms with Crippen molar-refractivity contribution in [3.63, 3.8) is 0 Å². The number of rotatable bonds is 5. The van der Waals surface area contributed by atoms with Crippen molar-refractivity contribution in [3.05, 3.63) is 17.3 Å². The number of pyridine rings is 1. The lowest BCUT2D eigenvalue weighted by atomic mass is 9.94. The van der Waals surface area contributed by atoms with Crippen LogP contribution in [0.15, 0.2) is 12.1 Å². The van der Waals surface area contributed by atoms with Crippen molar-refractivity contribution in [2.24, 2.45) is 0 Å². The molecule has 0 atom stereocenters. The molecule has 90 valence electrons. The van der Waals surface area contributed by atoms with Gasteiger partial charge in [0.2, 0.25) is 0 Å². The van der Waals surface area contributed by atoms with Crippen molar-refractivity contribution in [2.75, 3.05) is 17.7 Å². The summed E-state index contributed by atoms with van der Waals surface area (Å²) in [5.41, 5.74) is 5.94. The van der Waals surface area contributed by atoms with Gasteiger partial charge < -0.3 is 16.2 Å². The molecule has 0 spiro atoms. The Labute approximate surface area is 101 Å². The van der Waals surface area contributed by atoms with Gasteiger partial charge in [0.25, 0.3) is 0 Å². The molecular formula is C11H18ClN3O. The fourth-order valence-corrected chi connectivity index (χ4v) is 1.63. The molecule has 0 fully saturated rings. The Morgan fingerprint density at radius 2 is 2.06 bits per heavy atom. The molecule has 16 heavy (non-hydrogen) atoms. The summed E-state index contributed by atoms with van der Waals surface area (Å²) in [4.78, 5) is 4.12. The predicted octanol–water partition coefficient (Wildman–Crippen LogP) is 2.28. The molecule has 5 heteroatoms. The highest BCUT2D eigenvalue weighted by Gasteiger charge is 2.26. The number of aliphatic hydroxyl groups excluding tert-OH is 1. The summed E-state index contributed by atoms with van der Waals surface area (Å²) in [5, 5.41) is 13.0. The number of halogens is 1. The van der Waals surface area contributed by atoms with E-state index in [1.165, 1.54) is 0 Å². The van der Waals surface area contributed by atoms with Crippen molar-refractivity contribution >= 4 is 23.1 Å². The van der Waals surface area contributed by atoms with Gasteiger partial charge in [-0.25, -0.2) is 4.98 Å². The van der Waals surface area contributed by atoms with Gasteiger partial charge in [-0.1, -0.05) is 25.4 Å². The number of aliphatic hydroxyl groups is 1. The molecule has 0 saturated carbocycles. The molecule has 0 aromatic carbocycles. The average molecular weight is 244 g/mol. The van der Waals surface area contributed by atoms with Crippen LogP contribution in [0.25, 0.3) is 0 Å². The van der Waals surface area contributed by atoms with E-state index in [2.05, 4.69) is 10.3 Å². The molecule has 0 radical (unpaired) electrons. The highest BCUT2D eigenvalue weighted by atomic mass is 35.5. The minimum atomic E-state index is -0.383. The third kappa shape index (κ3) is 2.77. The maximum Gasteiger partial charge on any atom is 0.151 e. The van der Waals surface area contributed by atoms with Gasteiger partial charge in [-0.15, -0.1) is 0 Å². The van der Waals surface area contributed by atoms with Crippen molar-refractivity contribution in [3.8, 4) is 0 Å². The van der Waals surface area contributed by atoms with Gasteiger partial charge in [0.05, 0.1) is 17.8 Å². The fraction of sp³-hybridized carbons (Fsp3) is 0.545. The first-order valence-electron chi connectivity index (χ1n) is 5.38. The number of hydrogen-bond donors (Lipinski definition) is 3. The second kappa shape index (κ2) is 5.37. The summed E-state index contributed by atoms with van der Waals surface area (Å²) in [5.74, 6) is 0.533. The number of anilines is 2. The maximum atomic E-state index is 9.43. The zero-order valence-corrected chi connectivity index (χ0v) is 10.4. The van der Waals surface area contributed by atoms with Crippen LogP contribution in [0.2, 0.25) is 5.15 Å². The van der Waals surface area contributed by atoms with Gasteiger partial charge in [0.15, 0.2) is 5.82 Å². The Bertz CT molecular complexity index is 345. The molecule has 0 aliphatic carbocycles. The van der Waals surface area contributed by atoms with Gasteiger partial charge in [-0.2, -0.15) is 0 Å². The quantitative estimate of drug-likeness (QED) is 0.694. The molecule has 0 amide bonds. The summed E-state index contributed by atoms with van der Waals surface area (Å²) in [6.07, 6.45) is 1.57. The van der Waals surface area contributed by atoms with Crippen molar-refractivity contribution in [1.82, 2.24) is 4.98 Å². The van der Waals surface area contributed by atoms with E-state index in [9.17, 15) is 5.11 Å². The Hall–Kier alpha value is -1.00. The van der Waals surface area contributed by atoms with Crippen LogP contribution in [-0.4, -0.2) is 22.2 Å². The van der Waals surface area contributed by atoms with Crippen molar-refractivity contribution < 1.29 is 5.11 Å². The van der Waals surface area contributed by atoms with Crippen LogP contribution >= 0.6 is 11.6 Å². The molecule has 0 bridgehead atoms. The smallest absolute Gasteiger partial charge is 0.151 e. The molecule has 1 heterocycles. The second-order valence-corrected chi connectivity index (χ2v) is 4.23. The van der Waals surface area contributed by atoms with Crippen LogP contribution in [-0.2, 0) is 0 Å². The average Bonchev–Trinajstić information content (AvgIpc) is 2.31. The second-order valence-electron chi connectivity index (χ2n) is 3.84. The third-order valence-corrected chi connectivity index (χ3v) is 3.14. The topological polar surface area (TPSA) is 71.2 Å². The largest absolute Gasteiger partial charge is 0.396 e. The molecule has 0 aliphatic rings. The molecule has 4 N–H and O–H groups in total. The lowest BCUT2D eigenvalue weighted by molar-refractivity contribution is 0.202. The fourth-order valence-electron chi connectivity index (χ4n) is 1.49. The van der Waals surface area contributed by atoms with Crippen molar-refractivity contribution in [1.29, 1.82) is 0 Å². The van der Waals surface area contributed by atoms with E-state index >= 15 is 0 Å². The van der Waals surface area contributed by atoms with Gasteiger partial charge in [-0.3, -0.25) is 0 Å². The molecule has 0 unspecified atom stereocenters. The van der Waals surface area contributed by atoms with Crippen LogP contribution in [0.4, 0.5) is 11.5 Å². The van der Waals surface area contributed by atoms with Gasteiger partial charge in [0.1, 0.15) is 5.15 Å². The lowest BCUT2D eigenvalue weighted by Gasteiger charge is -2.31. The number of hydrogen-bond acceptors (Lipinski definition) is 4. The van der Waals surface area contributed by atoms with Crippen LogP contribution in [0.5, 0.6) is 0 Å². The summed E-state index contributed by atoms with van der Waals surface area (Å²) < 4.78 is 0. The first kappa shape index (κ1) is 13.1. The molecular weight excluding hydrogens is 226 g/mol. The van der Waals surface area contributed by atoms with E-state index in [1.807, 2.05) is 13.8 Å². The normalized spacial score (nSPS) is 11.5. The minimum Gasteiger partial charge on any atom is -0.396 e. The summed E-state index contributed by atoms with van der Waals surface area (Å²) in [6.45, 7) is 4.05. The van der Waals surface area contributed by atoms with E-state index < -0.39 is 0 Å². The third-order valence-electron chi connectivity index (χ3n) is 2.93. The minimum absolute atomic E-state index is 0.0354. The molecule has 0 aliphatic heterocycles. The summed E-state index contributed by atoms with van der Waals surface area (Å²) >= 11 is 5.81. The number of nitrogen functional groups attached to an aromatic ring is 1. The number of nitrogens with zero attached hydrogens (tertiary/aromatic N) is 1. The van der Waals surface area contributed by atoms with Gasteiger partial charge >= 0.3 is 0 Å². The molecule has 1 aromatic rings. The zero-order valence-electron chi connectivity index (χ0n) is 9.63. The Kier molecular flexibility index (Phi) is 4.38. The standard InChI is InChI=1S/C11H18ClN3O/c1-3-11(4-2,7-16)15-10-8(13)5-6-9(12)14-10/h5-6,16H,3-4,7,13H2,1-2H3,(H,14,15). The molecule has 1 aromatic heterocycles. The van der Waals surface area contributed by atoms with Crippen LogP contribution in [0.3, 0.4) is 0 Å². The van der Waals surface area contributed by atoms with Gasteiger partial charge in [-0.05, 0) is 25.0 Å². The van der Waals surface area contributed by atoms with E-state index in [0.717, 1.165) is 12.8 Å². The zero-order chi connectivity index (χ0) is 12.2. The molecule has 4 nitrogen and oxygen atoms in total. The first-order chi connectivity index (χ1) is 7.56. The predicted molar refractivity (Wildman–Crippen MR) is 67.7 cm³/mol. The van der Waals surface area contributed by atoms with Crippen molar-refractivity contribution in [2.45, 2.75) is 32.2 Å². The maximum absolute atomic E-state index is 9.43. The van der Waals surface area contributed by atoms with E-state index in [1.54, 1.807) is 12.1 Å². The Morgan fingerprint density at radius 1 is 1.44 bits per heavy atom. The number of nitrogens with one attached hydrogen (secondary N) is 1. The summed E-state index contributed by atoms with van der Waals surface area (Å²) in [7, 11) is 0. The molecule has 0 saturated heterocycles. The Balaban J connectivity index is 2.97. The summed E-state index contributed by atoms with van der Waals surface area (Å²) in [6, 6.07) is 3.34. The Morgan fingerprint density at radius 3 is 2.56 bits per heavy atom. The highest BCUT2D eigenvalue weighted by molar-refractivity contribution is 6.29. The lowest BCUT2D eigenvalue weighted by Crippen LogP contribution is -2.41. The van der Waals surface area contributed by atoms with E-state index in [0.29, 0.717) is 16.7 Å². The monoisotopic (exact) mass is 243 g/mol.